The maximum absolute atomic E-state index is 2.79. The average molecular weight is 794 g/mol. The van der Waals surface area contributed by atoms with Gasteiger partial charge in [0.15, 0.2) is 0 Å². The summed E-state index contributed by atoms with van der Waals surface area (Å²) in [5.74, 6) is 5.48. The summed E-state index contributed by atoms with van der Waals surface area (Å²) >= 11 is 0. The third-order valence-corrected chi connectivity index (χ3v) is 19.2. The van der Waals surface area contributed by atoms with Crippen LogP contribution >= 0.6 is 0 Å². The molecule has 2 unspecified atom stereocenters. The highest BCUT2D eigenvalue weighted by Gasteiger charge is 2.62. The van der Waals surface area contributed by atoms with Crippen LogP contribution in [0.15, 0.2) is 127 Å². The van der Waals surface area contributed by atoms with Gasteiger partial charge in [0.25, 0.3) is 0 Å². The van der Waals surface area contributed by atoms with Crippen molar-refractivity contribution in [1.82, 2.24) is 0 Å². The fourth-order valence-corrected chi connectivity index (χ4v) is 17.2. The lowest BCUT2D eigenvalue weighted by atomic mass is 9.43. The summed E-state index contributed by atoms with van der Waals surface area (Å²) in [7, 11) is 0. The Morgan fingerprint density at radius 1 is 0.459 bits per heavy atom. The van der Waals surface area contributed by atoms with E-state index in [-0.39, 0.29) is 16.2 Å². The van der Waals surface area contributed by atoms with E-state index in [0.717, 1.165) is 29.6 Å². The second-order valence-corrected chi connectivity index (χ2v) is 21.9. The van der Waals surface area contributed by atoms with Crippen LogP contribution in [0.2, 0.25) is 0 Å². The molecule has 0 aliphatic heterocycles. The van der Waals surface area contributed by atoms with Gasteiger partial charge in [0.05, 0.1) is 5.69 Å². The summed E-state index contributed by atoms with van der Waals surface area (Å²) in [6, 6.07) is 51.4. The van der Waals surface area contributed by atoms with Crippen LogP contribution in [-0.4, -0.2) is 0 Å². The van der Waals surface area contributed by atoms with Gasteiger partial charge in [0, 0.05) is 27.6 Å². The van der Waals surface area contributed by atoms with Crippen molar-refractivity contribution in [3.63, 3.8) is 0 Å². The zero-order chi connectivity index (χ0) is 40.4. The van der Waals surface area contributed by atoms with E-state index < -0.39 is 0 Å². The summed E-state index contributed by atoms with van der Waals surface area (Å²) in [5.41, 5.74) is 22.4. The number of hydrogen-bond acceptors (Lipinski definition) is 1. The van der Waals surface area contributed by atoms with Crippen LogP contribution in [0.1, 0.15) is 125 Å². The zero-order valence-corrected chi connectivity index (χ0v) is 36.4. The third-order valence-electron chi connectivity index (χ3n) is 19.2. The third kappa shape index (κ3) is 4.39. The van der Waals surface area contributed by atoms with Crippen molar-refractivity contribution in [2.45, 2.75) is 108 Å². The molecule has 6 fully saturated rings. The molecule has 2 atom stereocenters. The molecular weight excluding hydrogens is 735 g/mol. The van der Waals surface area contributed by atoms with Crippen molar-refractivity contribution in [2.75, 3.05) is 4.90 Å². The maximum Gasteiger partial charge on any atom is 0.0509 e. The largest absolute Gasteiger partial charge is 0.310 e. The molecule has 0 amide bonds. The first-order chi connectivity index (χ1) is 29.9. The minimum Gasteiger partial charge on any atom is -0.310 e. The first kappa shape index (κ1) is 35.7. The van der Waals surface area contributed by atoms with E-state index in [2.05, 4.69) is 153 Å². The Morgan fingerprint density at radius 3 is 1.61 bits per heavy atom. The monoisotopic (exact) mass is 793 g/mol. The summed E-state index contributed by atoms with van der Waals surface area (Å²) < 4.78 is 0. The number of anilines is 3. The molecule has 304 valence electrons. The van der Waals surface area contributed by atoms with Crippen molar-refractivity contribution in [2.24, 2.45) is 41.4 Å². The SMILES string of the molecule is CCC1CC2CCCC(C1)C21c2ccccc2-c2cccc(N(c3ccc4c(c3)C(C)(C)c3ccccc3-4)c3ccc4c(c3)C3(c5ccccc5-4)C4CC5CC(C4)CC3C5)c21. The Kier molecular flexibility index (Phi) is 7.25. The lowest BCUT2D eigenvalue weighted by molar-refractivity contribution is -0.0399. The fourth-order valence-electron chi connectivity index (χ4n) is 17.2. The van der Waals surface area contributed by atoms with Crippen LogP contribution in [0.5, 0.6) is 0 Å². The Morgan fingerprint density at radius 2 is 0.967 bits per heavy atom. The molecule has 0 radical (unpaired) electrons. The zero-order valence-electron chi connectivity index (χ0n) is 36.4. The van der Waals surface area contributed by atoms with E-state index in [4.69, 9.17) is 0 Å². The number of hydrogen-bond donors (Lipinski definition) is 0. The number of nitrogens with zero attached hydrogens (tertiary/aromatic N) is 1. The van der Waals surface area contributed by atoms with Crippen LogP contribution in [0.4, 0.5) is 17.1 Å². The highest BCUT2D eigenvalue weighted by molar-refractivity contribution is 5.94. The Labute approximate surface area is 363 Å². The molecule has 9 aliphatic carbocycles. The minimum atomic E-state index is -0.0801. The van der Waals surface area contributed by atoms with Crippen molar-refractivity contribution >= 4 is 17.1 Å². The van der Waals surface area contributed by atoms with Gasteiger partial charge in [-0.3, -0.25) is 0 Å². The minimum absolute atomic E-state index is 0.0343. The predicted molar refractivity (Wildman–Crippen MR) is 252 cm³/mol. The molecular formula is C60H59N. The molecule has 1 heteroatoms. The Balaban J connectivity index is 1.04. The lowest BCUT2D eigenvalue weighted by Crippen LogP contribution is -2.55. The lowest BCUT2D eigenvalue weighted by Gasteiger charge is -2.61. The second kappa shape index (κ2) is 12.4. The maximum atomic E-state index is 2.79. The van der Waals surface area contributed by atoms with Crippen LogP contribution in [-0.2, 0) is 16.2 Å². The first-order valence-electron chi connectivity index (χ1n) is 24.4. The van der Waals surface area contributed by atoms with Crippen molar-refractivity contribution in [1.29, 1.82) is 0 Å². The van der Waals surface area contributed by atoms with Gasteiger partial charge < -0.3 is 4.90 Å². The molecule has 0 N–H and O–H groups in total. The summed E-state index contributed by atoms with van der Waals surface area (Å²) in [5, 5.41) is 0. The van der Waals surface area contributed by atoms with Gasteiger partial charge >= 0.3 is 0 Å². The van der Waals surface area contributed by atoms with Crippen molar-refractivity contribution in [3.05, 3.63) is 161 Å². The summed E-state index contributed by atoms with van der Waals surface area (Å²) in [4.78, 5) is 2.79. The van der Waals surface area contributed by atoms with Gasteiger partial charge in [-0.1, -0.05) is 131 Å². The quantitative estimate of drug-likeness (QED) is 0.172. The first-order valence-corrected chi connectivity index (χ1v) is 24.4. The standard InChI is InChI=1S/C60H59N/c1-4-36-28-39-13-11-14-40(29-36)60(39)53-21-10-7-17-47(53)50-18-12-22-56(57(50)60)61(43-23-25-48-45-15-5-8-19-51(45)58(2,3)54(48)34-43)44-24-26-49-46-16-6-9-20-52(46)59(55(49)35-44)41-30-37-27-38(32-41)33-42(59)31-37/h5-10,12,15-26,34-42H,4,11,13-14,27-33H2,1-3H3. The summed E-state index contributed by atoms with van der Waals surface area (Å²) in [6.07, 6.45) is 15.2. The topological polar surface area (TPSA) is 3.24 Å². The number of fused-ring (bicyclic) bond motifs is 9. The molecule has 6 bridgehead atoms. The van der Waals surface area contributed by atoms with Gasteiger partial charge in [-0.2, -0.15) is 0 Å². The smallest absolute Gasteiger partial charge is 0.0509 e. The molecule has 0 aromatic heterocycles. The Bertz CT molecular complexity index is 2780. The number of rotatable bonds is 4. The van der Waals surface area contributed by atoms with Gasteiger partial charge in [-0.15, -0.1) is 0 Å². The van der Waals surface area contributed by atoms with Crippen LogP contribution in [0.3, 0.4) is 0 Å². The van der Waals surface area contributed by atoms with Gasteiger partial charge in [0.1, 0.15) is 0 Å². The molecule has 6 aromatic carbocycles. The predicted octanol–water partition coefficient (Wildman–Crippen LogP) is 15.7. The van der Waals surface area contributed by atoms with Gasteiger partial charge in [0.2, 0.25) is 0 Å². The fraction of sp³-hybridized carbons (Fsp3) is 0.400. The van der Waals surface area contributed by atoms with Crippen LogP contribution in [0, 0.1) is 41.4 Å². The van der Waals surface area contributed by atoms with Crippen LogP contribution in [0.25, 0.3) is 33.4 Å². The van der Waals surface area contributed by atoms with Crippen molar-refractivity contribution in [3.8, 4) is 33.4 Å². The molecule has 61 heavy (non-hydrogen) atoms. The number of benzene rings is 6. The van der Waals surface area contributed by atoms with Crippen LogP contribution < -0.4 is 4.90 Å². The summed E-state index contributed by atoms with van der Waals surface area (Å²) in [6.45, 7) is 7.36. The Hall–Kier alpha value is -4.88. The molecule has 6 saturated carbocycles. The molecule has 0 heterocycles. The molecule has 2 spiro atoms. The molecule has 9 aliphatic rings. The highest BCUT2D eigenvalue weighted by atomic mass is 15.1. The van der Waals surface area contributed by atoms with Gasteiger partial charge in [-0.25, -0.2) is 0 Å². The van der Waals surface area contributed by atoms with Gasteiger partial charge in [-0.05, 0) is 196 Å². The normalized spacial score (nSPS) is 32.0. The average Bonchev–Trinajstić information content (AvgIpc) is 3.82. The molecule has 15 rings (SSSR count). The van der Waals surface area contributed by atoms with E-state index in [9.17, 15) is 0 Å². The van der Waals surface area contributed by atoms with E-state index in [1.165, 1.54) is 132 Å². The molecule has 6 aromatic rings. The molecule has 0 saturated heterocycles. The van der Waals surface area contributed by atoms with E-state index in [1.807, 2.05) is 0 Å². The van der Waals surface area contributed by atoms with E-state index in [1.54, 1.807) is 22.3 Å². The second-order valence-electron chi connectivity index (χ2n) is 21.9. The van der Waals surface area contributed by atoms with E-state index >= 15 is 0 Å². The van der Waals surface area contributed by atoms with E-state index in [0.29, 0.717) is 11.8 Å². The molecule has 1 nitrogen and oxygen atoms in total. The highest BCUT2D eigenvalue weighted by Crippen LogP contribution is 2.71. The van der Waals surface area contributed by atoms with Crippen molar-refractivity contribution < 1.29 is 0 Å².